The van der Waals surface area contributed by atoms with Gasteiger partial charge in [-0.1, -0.05) is 58.9 Å². The molecule has 2 unspecified atom stereocenters. The highest BCUT2D eigenvalue weighted by atomic mass is 16.3. The molecule has 3 atom stereocenters. The van der Waals surface area contributed by atoms with Gasteiger partial charge in [-0.05, 0) is 49.1 Å². The summed E-state index contributed by atoms with van der Waals surface area (Å²) in [6, 6.07) is 12.7. The molecule has 1 aromatic carbocycles. The van der Waals surface area contributed by atoms with Gasteiger partial charge in [0, 0.05) is 25.5 Å². The van der Waals surface area contributed by atoms with Gasteiger partial charge in [0.2, 0.25) is 0 Å². The predicted octanol–water partition coefficient (Wildman–Crippen LogP) is 3.87. The fraction of sp³-hybridized carbons (Fsp3) is 0.467. The maximum atomic E-state index is 12.7. The second-order valence-electron chi connectivity index (χ2n) is 8.50. The Kier molecular flexibility index (Phi) is 14.5. The third-order valence-corrected chi connectivity index (χ3v) is 6.12. The maximum Gasteiger partial charge on any atom is 0.255 e. The van der Waals surface area contributed by atoms with Crippen LogP contribution in [0.3, 0.4) is 0 Å². The average Bonchev–Trinajstić information content (AvgIpc) is 3.00. The summed E-state index contributed by atoms with van der Waals surface area (Å²) < 4.78 is 0. The summed E-state index contributed by atoms with van der Waals surface area (Å²) in [6.07, 6.45) is 1.03. The van der Waals surface area contributed by atoms with Crippen molar-refractivity contribution in [3.63, 3.8) is 0 Å². The zero-order chi connectivity index (χ0) is 29.5. The van der Waals surface area contributed by atoms with Gasteiger partial charge in [-0.15, -0.1) is 0 Å². The van der Waals surface area contributed by atoms with Gasteiger partial charge in [-0.3, -0.25) is 14.6 Å². The molecule has 2 amide bonds. The molecule has 0 fully saturated rings. The number of hydrogen-bond donors (Lipinski definition) is 3. The molecule has 212 valence electrons. The number of aromatic nitrogens is 1. The van der Waals surface area contributed by atoms with Crippen molar-refractivity contribution >= 4 is 17.5 Å². The zero-order valence-electron chi connectivity index (χ0n) is 24.2. The van der Waals surface area contributed by atoms with Gasteiger partial charge in [-0.2, -0.15) is 5.26 Å². The molecule has 0 spiro atoms. The van der Waals surface area contributed by atoms with Gasteiger partial charge >= 0.3 is 0 Å². The number of fused-ring (bicyclic) bond motifs is 1. The lowest BCUT2D eigenvalue weighted by Crippen LogP contribution is -2.52. The van der Waals surface area contributed by atoms with Crippen LogP contribution in [0.1, 0.15) is 70.8 Å². The van der Waals surface area contributed by atoms with Crippen molar-refractivity contribution in [1.29, 1.82) is 5.26 Å². The van der Waals surface area contributed by atoms with Crippen LogP contribution in [0.5, 0.6) is 0 Å². The van der Waals surface area contributed by atoms with Crippen molar-refractivity contribution in [2.75, 3.05) is 18.5 Å². The Morgan fingerprint density at radius 2 is 1.79 bits per heavy atom. The van der Waals surface area contributed by atoms with E-state index in [0.29, 0.717) is 18.7 Å². The SMILES string of the molecule is CC.CC.CC/C=C(/C#N)N(C)c1ccc(C(C)NC(=O)[C@H](O)C(O)C(=O)N2CCc3cccnc3C2)cc1. The van der Waals surface area contributed by atoms with E-state index in [9.17, 15) is 25.1 Å². The van der Waals surface area contributed by atoms with E-state index in [-0.39, 0.29) is 6.54 Å². The number of nitriles is 1. The first-order valence-corrected chi connectivity index (χ1v) is 13.6. The highest BCUT2D eigenvalue weighted by Crippen LogP contribution is 2.22. The van der Waals surface area contributed by atoms with E-state index in [4.69, 9.17) is 0 Å². The number of allylic oxidation sites excluding steroid dienone is 2. The minimum atomic E-state index is -1.90. The number of hydrogen-bond acceptors (Lipinski definition) is 7. The summed E-state index contributed by atoms with van der Waals surface area (Å²) in [5.74, 6) is -1.55. The molecular formula is C30H43N5O4. The molecule has 39 heavy (non-hydrogen) atoms. The molecule has 0 saturated heterocycles. The van der Waals surface area contributed by atoms with Crippen molar-refractivity contribution in [2.45, 2.75) is 79.2 Å². The summed E-state index contributed by atoms with van der Waals surface area (Å²) in [6.45, 7) is 12.3. The lowest BCUT2D eigenvalue weighted by atomic mass is 10.0. The number of pyridine rings is 1. The minimum Gasteiger partial charge on any atom is -0.380 e. The highest BCUT2D eigenvalue weighted by Gasteiger charge is 2.35. The van der Waals surface area contributed by atoms with Gasteiger partial charge in [0.25, 0.3) is 11.8 Å². The molecule has 9 nitrogen and oxygen atoms in total. The fourth-order valence-corrected chi connectivity index (χ4v) is 3.97. The third kappa shape index (κ3) is 8.91. The number of nitrogens with zero attached hydrogens (tertiary/aromatic N) is 4. The number of aliphatic hydroxyl groups is 2. The molecule has 1 aliphatic rings. The van der Waals surface area contributed by atoms with Gasteiger partial charge in [-0.25, -0.2) is 0 Å². The van der Waals surface area contributed by atoms with Crippen LogP contribution in [-0.2, 0) is 22.6 Å². The first kappa shape index (κ1) is 33.3. The Hall–Kier alpha value is -3.74. The predicted molar refractivity (Wildman–Crippen MR) is 153 cm³/mol. The summed E-state index contributed by atoms with van der Waals surface area (Å²) in [5, 5.41) is 32.7. The topological polar surface area (TPSA) is 130 Å². The number of amides is 2. The van der Waals surface area contributed by atoms with E-state index < -0.39 is 30.1 Å². The van der Waals surface area contributed by atoms with E-state index in [1.54, 1.807) is 25.1 Å². The number of rotatable bonds is 8. The molecule has 9 heteroatoms. The summed E-state index contributed by atoms with van der Waals surface area (Å²) >= 11 is 0. The van der Waals surface area contributed by atoms with Crippen molar-refractivity contribution in [3.05, 3.63) is 71.2 Å². The largest absolute Gasteiger partial charge is 0.380 e. The Labute approximate surface area is 232 Å². The van der Waals surface area contributed by atoms with E-state index in [2.05, 4.69) is 16.4 Å². The molecule has 0 radical (unpaired) electrons. The Morgan fingerprint density at radius 1 is 1.15 bits per heavy atom. The maximum absolute atomic E-state index is 12.7. The first-order chi connectivity index (χ1) is 18.8. The third-order valence-electron chi connectivity index (χ3n) is 6.12. The van der Waals surface area contributed by atoms with Crippen molar-refractivity contribution in [2.24, 2.45) is 0 Å². The molecule has 2 heterocycles. The van der Waals surface area contributed by atoms with E-state index in [1.165, 1.54) is 4.90 Å². The number of aliphatic hydroxyl groups excluding tert-OH is 2. The van der Waals surface area contributed by atoms with Crippen LogP contribution in [0.2, 0.25) is 0 Å². The summed E-state index contributed by atoms with van der Waals surface area (Å²) in [5.41, 5.74) is 3.90. The van der Waals surface area contributed by atoms with Crippen LogP contribution in [0.4, 0.5) is 5.69 Å². The molecular weight excluding hydrogens is 494 g/mol. The number of anilines is 1. The van der Waals surface area contributed by atoms with E-state index in [0.717, 1.165) is 28.9 Å². The molecule has 1 aliphatic heterocycles. The fourth-order valence-electron chi connectivity index (χ4n) is 3.97. The minimum absolute atomic E-state index is 0.221. The smallest absolute Gasteiger partial charge is 0.255 e. The molecule has 2 aromatic rings. The molecule has 0 saturated carbocycles. The summed E-state index contributed by atoms with van der Waals surface area (Å²) in [4.78, 5) is 32.7. The Balaban J connectivity index is 0.00000181. The van der Waals surface area contributed by atoms with Crippen LogP contribution in [0, 0.1) is 11.3 Å². The second-order valence-corrected chi connectivity index (χ2v) is 8.50. The van der Waals surface area contributed by atoms with Gasteiger partial charge in [0.1, 0.15) is 11.8 Å². The second kappa shape index (κ2) is 17.0. The molecule has 0 aliphatic carbocycles. The Bertz CT molecular complexity index is 1130. The van der Waals surface area contributed by atoms with Crippen LogP contribution >= 0.6 is 0 Å². The van der Waals surface area contributed by atoms with Crippen LogP contribution in [0.25, 0.3) is 0 Å². The molecule has 3 N–H and O–H groups in total. The van der Waals surface area contributed by atoms with Crippen molar-refractivity contribution in [3.8, 4) is 6.07 Å². The zero-order valence-corrected chi connectivity index (χ0v) is 24.2. The first-order valence-electron chi connectivity index (χ1n) is 13.6. The van der Waals surface area contributed by atoms with E-state index >= 15 is 0 Å². The number of carbonyl (C=O) groups is 2. The number of carbonyl (C=O) groups excluding carboxylic acids is 2. The van der Waals surface area contributed by atoms with Crippen molar-refractivity contribution < 1.29 is 19.8 Å². The highest BCUT2D eigenvalue weighted by molar-refractivity contribution is 5.91. The standard InChI is InChI=1S/C26H31N5O4.2C2H6/c1-4-6-21(15-27)30(3)20-10-8-18(9-11-20)17(2)29-25(34)23(32)24(33)26(35)31-14-12-19-7-5-13-28-22(19)16-31;2*1-2/h5-11,13,17,23-24,32-33H,4,12,14,16H2,1-3H3,(H,29,34);2*1-2H3/b21-6-;;/t17?,23-,24?;;/m1../s1. The van der Waals surface area contributed by atoms with Crippen LogP contribution in [0.15, 0.2) is 54.4 Å². The van der Waals surface area contributed by atoms with Gasteiger partial charge < -0.3 is 25.3 Å². The quantitative estimate of drug-likeness (QED) is 0.436. The monoisotopic (exact) mass is 537 g/mol. The average molecular weight is 538 g/mol. The number of benzene rings is 1. The van der Waals surface area contributed by atoms with Crippen LogP contribution < -0.4 is 10.2 Å². The lowest BCUT2D eigenvalue weighted by molar-refractivity contribution is -0.154. The number of nitrogens with one attached hydrogen (secondary N) is 1. The lowest BCUT2D eigenvalue weighted by Gasteiger charge is -2.30. The van der Waals surface area contributed by atoms with E-state index in [1.807, 2.05) is 77.1 Å². The van der Waals surface area contributed by atoms with Crippen molar-refractivity contribution in [1.82, 2.24) is 15.2 Å². The normalized spacial score (nSPS) is 14.6. The summed E-state index contributed by atoms with van der Waals surface area (Å²) in [7, 11) is 1.80. The van der Waals surface area contributed by atoms with Crippen LogP contribution in [-0.4, -0.2) is 57.7 Å². The molecule has 3 rings (SSSR count). The molecule has 0 bridgehead atoms. The molecule has 1 aromatic heterocycles. The van der Waals surface area contributed by atoms with Gasteiger partial charge in [0.05, 0.1) is 18.3 Å². The Morgan fingerprint density at radius 3 is 2.38 bits per heavy atom. The van der Waals surface area contributed by atoms with Gasteiger partial charge in [0.15, 0.2) is 12.2 Å².